The van der Waals surface area contributed by atoms with Gasteiger partial charge in [-0.05, 0) is 17.7 Å². The molecule has 0 aromatic heterocycles. The number of amides is 1. The SMILES string of the molecule is CS(=O)(=O)N(CCNC(=O)Cc1ccccc1)c1ccc2c(c1)OCO2. The zero-order valence-corrected chi connectivity index (χ0v) is 15.2. The van der Waals surface area contributed by atoms with Crippen LogP contribution in [0.5, 0.6) is 11.5 Å². The molecule has 8 heteroatoms. The molecular formula is C18H20N2O5S. The van der Waals surface area contributed by atoms with Crippen LogP contribution in [0.2, 0.25) is 0 Å². The maximum Gasteiger partial charge on any atom is 0.232 e. The zero-order valence-electron chi connectivity index (χ0n) is 14.3. The van der Waals surface area contributed by atoms with Gasteiger partial charge in [-0.15, -0.1) is 0 Å². The van der Waals surface area contributed by atoms with Gasteiger partial charge in [-0.3, -0.25) is 9.10 Å². The van der Waals surface area contributed by atoms with E-state index in [1.807, 2.05) is 30.3 Å². The Kier molecular flexibility index (Phi) is 5.32. The van der Waals surface area contributed by atoms with Crippen LogP contribution >= 0.6 is 0 Å². The van der Waals surface area contributed by atoms with Crippen molar-refractivity contribution in [3.8, 4) is 11.5 Å². The largest absolute Gasteiger partial charge is 0.454 e. The predicted octanol–water partition coefficient (Wildman–Crippen LogP) is 1.54. The van der Waals surface area contributed by atoms with Gasteiger partial charge in [0.15, 0.2) is 11.5 Å². The highest BCUT2D eigenvalue weighted by Gasteiger charge is 2.21. The van der Waals surface area contributed by atoms with Gasteiger partial charge >= 0.3 is 0 Å². The number of carbonyl (C=O) groups is 1. The van der Waals surface area contributed by atoms with E-state index in [1.165, 1.54) is 4.31 Å². The Labute approximate surface area is 152 Å². The van der Waals surface area contributed by atoms with Gasteiger partial charge in [0.05, 0.1) is 24.9 Å². The summed E-state index contributed by atoms with van der Waals surface area (Å²) in [6, 6.07) is 14.3. The first kappa shape index (κ1) is 18.1. The third-order valence-corrected chi connectivity index (χ3v) is 5.08. The number of nitrogens with zero attached hydrogens (tertiary/aromatic N) is 1. The molecule has 2 aromatic carbocycles. The molecule has 2 aromatic rings. The van der Waals surface area contributed by atoms with Crippen molar-refractivity contribution in [2.75, 3.05) is 30.4 Å². The Morgan fingerprint density at radius 1 is 1.12 bits per heavy atom. The average molecular weight is 376 g/mol. The molecule has 7 nitrogen and oxygen atoms in total. The van der Waals surface area contributed by atoms with Crippen LogP contribution in [0.25, 0.3) is 0 Å². The van der Waals surface area contributed by atoms with Crippen LogP contribution in [0, 0.1) is 0 Å². The van der Waals surface area contributed by atoms with Gasteiger partial charge in [-0.1, -0.05) is 30.3 Å². The lowest BCUT2D eigenvalue weighted by Gasteiger charge is -2.22. The van der Waals surface area contributed by atoms with Crippen molar-refractivity contribution in [1.29, 1.82) is 0 Å². The van der Waals surface area contributed by atoms with Gasteiger partial charge in [0.25, 0.3) is 0 Å². The monoisotopic (exact) mass is 376 g/mol. The van der Waals surface area contributed by atoms with Crippen LogP contribution in [0.15, 0.2) is 48.5 Å². The van der Waals surface area contributed by atoms with Crippen molar-refractivity contribution >= 4 is 21.6 Å². The minimum atomic E-state index is -3.51. The second kappa shape index (κ2) is 7.65. The molecule has 1 heterocycles. The third kappa shape index (κ3) is 4.45. The van der Waals surface area contributed by atoms with E-state index in [0.717, 1.165) is 11.8 Å². The Hall–Kier alpha value is -2.74. The molecule has 0 radical (unpaired) electrons. The fraction of sp³-hybridized carbons (Fsp3) is 0.278. The molecule has 0 unspecified atom stereocenters. The third-order valence-electron chi connectivity index (χ3n) is 3.89. The van der Waals surface area contributed by atoms with Crippen molar-refractivity contribution in [2.24, 2.45) is 0 Å². The van der Waals surface area contributed by atoms with Crippen molar-refractivity contribution in [2.45, 2.75) is 6.42 Å². The molecule has 0 aliphatic carbocycles. The number of hydrogen-bond donors (Lipinski definition) is 1. The highest BCUT2D eigenvalue weighted by Crippen LogP contribution is 2.35. The van der Waals surface area contributed by atoms with E-state index >= 15 is 0 Å². The molecule has 0 atom stereocenters. The van der Waals surface area contributed by atoms with Gasteiger partial charge in [0, 0.05) is 12.6 Å². The average Bonchev–Trinajstić information content (AvgIpc) is 3.06. The minimum Gasteiger partial charge on any atom is -0.454 e. The van der Waals surface area contributed by atoms with E-state index in [2.05, 4.69) is 5.32 Å². The molecule has 0 spiro atoms. The molecule has 0 saturated heterocycles. The highest BCUT2D eigenvalue weighted by molar-refractivity contribution is 7.92. The summed E-state index contributed by atoms with van der Waals surface area (Å²) in [7, 11) is -3.51. The van der Waals surface area contributed by atoms with Crippen LogP contribution in [-0.4, -0.2) is 40.5 Å². The normalized spacial score (nSPS) is 12.7. The summed E-state index contributed by atoms with van der Waals surface area (Å²) in [4.78, 5) is 12.0. The quantitative estimate of drug-likeness (QED) is 0.792. The van der Waals surface area contributed by atoms with Gasteiger partial charge < -0.3 is 14.8 Å². The van der Waals surface area contributed by atoms with Crippen molar-refractivity contribution < 1.29 is 22.7 Å². The summed E-state index contributed by atoms with van der Waals surface area (Å²) in [5.41, 5.74) is 1.37. The maximum absolute atomic E-state index is 12.1. The summed E-state index contributed by atoms with van der Waals surface area (Å²) < 4.78 is 36.1. The maximum atomic E-state index is 12.1. The lowest BCUT2D eigenvalue weighted by atomic mass is 10.1. The molecule has 3 rings (SSSR count). The van der Waals surface area contributed by atoms with E-state index in [-0.39, 0.29) is 32.2 Å². The lowest BCUT2D eigenvalue weighted by Crippen LogP contribution is -2.38. The molecule has 0 saturated carbocycles. The van der Waals surface area contributed by atoms with Crippen molar-refractivity contribution in [3.63, 3.8) is 0 Å². The fourth-order valence-corrected chi connectivity index (χ4v) is 3.59. The number of rotatable bonds is 7. The van der Waals surface area contributed by atoms with Crippen molar-refractivity contribution in [1.82, 2.24) is 5.32 Å². The number of sulfonamides is 1. The van der Waals surface area contributed by atoms with Crippen LogP contribution in [0.4, 0.5) is 5.69 Å². The molecule has 1 aliphatic rings. The fourth-order valence-electron chi connectivity index (χ4n) is 2.67. The smallest absolute Gasteiger partial charge is 0.232 e. The van der Waals surface area contributed by atoms with E-state index in [9.17, 15) is 13.2 Å². The summed E-state index contributed by atoms with van der Waals surface area (Å²) in [6.07, 6.45) is 1.38. The Morgan fingerprint density at radius 3 is 2.58 bits per heavy atom. The summed E-state index contributed by atoms with van der Waals surface area (Å²) in [5, 5.41) is 2.75. The number of ether oxygens (including phenoxy) is 2. The van der Waals surface area contributed by atoms with Crippen molar-refractivity contribution in [3.05, 3.63) is 54.1 Å². The van der Waals surface area contributed by atoms with Gasteiger partial charge in [-0.2, -0.15) is 0 Å². The van der Waals surface area contributed by atoms with Gasteiger partial charge in [0.1, 0.15) is 0 Å². The first-order valence-corrected chi connectivity index (χ1v) is 9.96. The van der Waals surface area contributed by atoms with E-state index in [0.29, 0.717) is 17.2 Å². The molecule has 0 fully saturated rings. The number of anilines is 1. The molecule has 0 bridgehead atoms. The van der Waals surface area contributed by atoms with Gasteiger partial charge in [-0.25, -0.2) is 8.42 Å². The summed E-state index contributed by atoms with van der Waals surface area (Å²) >= 11 is 0. The first-order chi connectivity index (χ1) is 12.4. The Balaban J connectivity index is 1.62. The Bertz CT molecular complexity index is 884. The predicted molar refractivity (Wildman–Crippen MR) is 97.9 cm³/mol. The summed E-state index contributed by atoms with van der Waals surface area (Å²) in [5.74, 6) is 0.929. The van der Waals surface area contributed by atoms with Crippen LogP contribution < -0.4 is 19.1 Å². The second-order valence-corrected chi connectivity index (χ2v) is 7.79. The second-order valence-electron chi connectivity index (χ2n) is 5.89. The molecule has 26 heavy (non-hydrogen) atoms. The van der Waals surface area contributed by atoms with Crippen LogP contribution in [0.3, 0.4) is 0 Å². The molecule has 138 valence electrons. The van der Waals surface area contributed by atoms with E-state index in [4.69, 9.17) is 9.47 Å². The standard InChI is InChI=1S/C18H20N2O5S/c1-26(22,23)20(15-7-8-16-17(12-15)25-13-24-16)10-9-19-18(21)11-14-5-3-2-4-6-14/h2-8,12H,9-11,13H2,1H3,(H,19,21). The van der Waals surface area contributed by atoms with E-state index in [1.54, 1.807) is 18.2 Å². The Morgan fingerprint density at radius 2 is 1.85 bits per heavy atom. The van der Waals surface area contributed by atoms with Crippen LogP contribution in [-0.2, 0) is 21.2 Å². The van der Waals surface area contributed by atoms with E-state index < -0.39 is 10.0 Å². The molecule has 1 N–H and O–H groups in total. The number of benzene rings is 2. The van der Waals surface area contributed by atoms with Crippen LogP contribution in [0.1, 0.15) is 5.56 Å². The lowest BCUT2D eigenvalue weighted by molar-refractivity contribution is -0.120. The topological polar surface area (TPSA) is 84.9 Å². The zero-order chi connectivity index (χ0) is 18.6. The van der Waals surface area contributed by atoms with Gasteiger partial charge in [0.2, 0.25) is 22.7 Å². The minimum absolute atomic E-state index is 0.118. The number of carbonyl (C=O) groups excluding carboxylic acids is 1. The highest BCUT2D eigenvalue weighted by atomic mass is 32.2. The number of nitrogens with one attached hydrogen (secondary N) is 1. The molecule has 1 amide bonds. The number of fused-ring (bicyclic) bond motifs is 1. The molecule has 1 aliphatic heterocycles. The number of hydrogen-bond acceptors (Lipinski definition) is 5. The summed E-state index contributed by atoms with van der Waals surface area (Å²) in [6.45, 7) is 0.444. The molecular weight excluding hydrogens is 356 g/mol. The first-order valence-electron chi connectivity index (χ1n) is 8.11.